The predicted molar refractivity (Wildman–Crippen MR) is 87.7 cm³/mol. The summed E-state index contributed by atoms with van der Waals surface area (Å²) in [5, 5.41) is 2.94. The van der Waals surface area contributed by atoms with Crippen LogP contribution in [0.25, 0.3) is 0 Å². The fourth-order valence-corrected chi connectivity index (χ4v) is 2.98. The third kappa shape index (κ3) is 4.62. The monoisotopic (exact) mass is 319 g/mol. The van der Waals surface area contributed by atoms with Gasteiger partial charge in [-0.3, -0.25) is 4.79 Å². The number of amides is 1. The van der Waals surface area contributed by atoms with Gasteiger partial charge in [0.2, 0.25) is 5.95 Å². The highest BCUT2D eigenvalue weighted by Gasteiger charge is 2.15. The fraction of sp³-hybridized carbons (Fsp3) is 0.688. The second kappa shape index (κ2) is 8.21. The molecule has 2 aliphatic heterocycles. The highest BCUT2D eigenvalue weighted by atomic mass is 16.5. The van der Waals surface area contributed by atoms with Crippen molar-refractivity contribution in [3.63, 3.8) is 0 Å². The molecule has 126 valence electrons. The number of nitrogens with one attached hydrogen (secondary N) is 1. The van der Waals surface area contributed by atoms with Crippen LogP contribution in [0.3, 0.4) is 0 Å². The first-order chi connectivity index (χ1) is 11.3. The van der Waals surface area contributed by atoms with Crippen molar-refractivity contribution < 1.29 is 9.53 Å². The number of anilines is 1. The average molecular weight is 319 g/mol. The summed E-state index contributed by atoms with van der Waals surface area (Å²) in [7, 11) is 0. The highest BCUT2D eigenvalue weighted by molar-refractivity contribution is 5.93. The lowest BCUT2D eigenvalue weighted by Crippen LogP contribution is -2.37. The number of hydrogen-bond acceptors (Lipinski definition) is 6. The average Bonchev–Trinajstić information content (AvgIpc) is 3.13. The molecule has 0 aromatic carbocycles. The Labute approximate surface area is 137 Å². The third-order valence-corrected chi connectivity index (χ3v) is 4.33. The van der Waals surface area contributed by atoms with Crippen LogP contribution in [-0.2, 0) is 4.74 Å². The van der Waals surface area contributed by atoms with Gasteiger partial charge in [-0.2, -0.15) is 0 Å². The van der Waals surface area contributed by atoms with Crippen molar-refractivity contribution in [2.45, 2.75) is 19.3 Å². The minimum Gasteiger partial charge on any atom is -0.378 e. The summed E-state index contributed by atoms with van der Waals surface area (Å²) < 4.78 is 5.31. The quantitative estimate of drug-likeness (QED) is 0.771. The van der Waals surface area contributed by atoms with Gasteiger partial charge < -0.3 is 19.9 Å². The summed E-state index contributed by atoms with van der Waals surface area (Å²) in [4.78, 5) is 25.2. The van der Waals surface area contributed by atoms with Gasteiger partial charge in [-0.1, -0.05) is 0 Å². The Bertz CT molecular complexity index is 496. The summed E-state index contributed by atoms with van der Waals surface area (Å²) >= 11 is 0. The minimum atomic E-state index is -0.0973. The largest absolute Gasteiger partial charge is 0.378 e. The van der Waals surface area contributed by atoms with Crippen molar-refractivity contribution in [1.29, 1.82) is 0 Å². The number of carbonyl (C=O) groups excluding carboxylic acids is 1. The maximum absolute atomic E-state index is 12.1. The summed E-state index contributed by atoms with van der Waals surface area (Å²) in [5.74, 6) is 0.568. The van der Waals surface area contributed by atoms with Crippen molar-refractivity contribution in [2.75, 3.05) is 57.4 Å². The predicted octanol–water partition coefficient (Wildman–Crippen LogP) is 0.529. The van der Waals surface area contributed by atoms with E-state index in [2.05, 4.69) is 25.1 Å². The maximum Gasteiger partial charge on any atom is 0.254 e. The molecule has 0 aliphatic carbocycles. The van der Waals surface area contributed by atoms with Crippen molar-refractivity contribution in [2.24, 2.45) is 0 Å². The minimum absolute atomic E-state index is 0.0973. The second-order valence-electron chi connectivity index (χ2n) is 6.03. The van der Waals surface area contributed by atoms with Crippen molar-refractivity contribution in [1.82, 2.24) is 20.2 Å². The molecule has 2 aliphatic rings. The van der Waals surface area contributed by atoms with Gasteiger partial charge in [-0.05, 0) is 38.9 Å². The molecule has 0 radical (unpaired) electrons. The van der Waals surface area contributed by atoms with E-state index in [0.717, 1.165) is 26.1 Å². The van der Waals surface area contributed by atoms with Crippen LogP contribution in [0.5, 0.6) is 0 Å². The fourth-order valence-electron chi connectivity index (χ4n) is 2.98. The molecular formula is C16H25N5O2. The first kappa shape index (κ1) is 16.1. The molecule has 1 N–H and O–H groups in total. The van der Waals surface area contributed by atoms with E-state index in [1.54, 1.807) is 12.4 Å². The van der Waals surface area contributed by atoms with E-state index in [1.807, 2.05) is 0 Å². The molecule has 0 unspecified atom stereocenters. The van der Waals surface area contributed by atoms with E-state index in [0.29, 0.717) is 31.3 Å². The van der Waals surface area contributed by atoms with Crippen LogP contribution >= 0.6 is 0 Å². The van der Waals surface area contributed by atoms with Crippen LogP contribution in [0, 0.1) is 0 Å². The van der Waals surface area contributed by atoms with Crippen molar-refractivity contribution >= 4 is 11.9 Å². The molecular weight excluding hydrogens is 294 g/mol. The van der Waals surface area contributed by atoms with Gasteiger partial charge in [0.1, 0.15) is 0 Å². The molecule has 1 aromatic heterocycles. The maximum atomic E-state index is 12.1. The summed E-state index contributed by atoms with van der Waals surface area (Å²) in [5.41, 5.74) is 0.517. The Hall–Kier alpha value is -1.73. The van der Waals surface area contributed by atoms with Crippen LogP contribution in [-0.4, -0.2) is 73.3 Å². The van der Waals surface area contributed by atoms with Crippen LogP contribution in [0.1, 0.15) is 29.6 Å². The third-order valence-electron chi connectivity index (χ3n) is 4.33. The zero-order valence-corrected chi connectivity index (χ0v) is 13.5. The van der Waals surface area contributed by atoms with Gasteiger partial charge in [-0.25, -0.2) is 9.97 Å². The standard InChI is InChI=1S/C16H25N5O2/c22-15(17-4-3-7-20-5-1-2-6-20)14-12-18-16(19-13-14)21-8-10-23-11-9-21/h12-13H,1-11H2,(H,17,22). The van der Waals surface area contributed by atoms with Gasteiger partial charge in [0.05, 0.1) is 18.8 Å². The van der Waals surface area contributed by atoms with Gasteiger partial charge in [0.25, 0.3) is 5.91 Å². The first-order valence-corrected chi connectivity index (χ1v) is 8.48. The van der Waals surface area contributed by atoms with E-state index in [-0.39, 0.29) is 5.91 Å². The van der Waals surface area contributed by atoms with Gasteiger partial charge in [0, 0.05) is 32.0 Å². The number of carbonyl (C=O) groups is 1. The van der Waals surface area contributed by atoms with Crippen LogP contribution < -0.4 is 10.2 Å². The van der Waals surface area contributed by atoms with Gasteiger partial charge in [0.15, 0.2) is 0 Å². The zero-order valence-electron chi connectivity index (χ0n) is 13.5. The molecule has 0 atom stereocenters. The number of hydrogen-bond donors (Lipinski definition) is 1. The molecule has 2 fully saturated rings. The molecule has 1 aromatic rings. The summed E-state index contributed by atoms with van der Waals surface area (Å²) in [6.07, 6.45) is 6.80. The van der Waals surface area contributed by atoms with E-state index in [9.17, 15) is 4.79 Å². The molecule has 23 heavy (non-hydrogen) atoms. The van der Waals surface area contributed by atoms with Gasteiger partial charge in [-0.15, -0.1) is 0 Å². The summed E-state index contributed by atoms with van der Waals surface area (Å²) in [6, 6.07) is 0. The topological polar surface area (TPSA) is 70.6 Å². The molecule has 0 spiro atoms. The van der Waals surface area contributed by atoms with E-state index < -0.39 is 0 Å². The lowest BCUT2D eigenvalue weighted by atomic mass is 10.3. The lowest BCUT2D eigenvalue weighted by Gasteiger charge is -2.26. The Morgan fingerprint density at radius 3 is 2.52 bits per heavy atom. The molecule has 7 nitrogen and oxygen atoms in total. The zero-order chi connectivity index (χ0) is 15.9. The second-order valence-corrected chi connectivity index (χ2v) is 6.03. The Morgan fingerprint density at radius 2 is 1.83 bits per heavy atom. The molecule has 7 heteroatoms. The SMILES string of the molecule is O=C(NCCCN1CCCC1)c1cnc(N2CCOCC2)nc1. The van der Waals surface area contributed by atoms with Crippen molar-refractivity contribution in [3.05, 3.63) is 18.0 Å². The Morgan fingerprint density at radius 1 is 1.13 bits per heavy atom. The number of rotatable bonds is 6. The number of likely N-dealkylation sites (tertiary alicyclic amines) is 1. The summed E-state index contributed by atoms with van der Waals surface area (Å²) in [6.45, 7) is 7.14. The molecule has 3 heterocycles. The molecule has 2 saturated heterocycles. The van der Waals surface area contributed by atoms with Crippen LogP contribution in [0.15, 0.2) is 12.4 Å². The number of aromatic nitrogens is 2. The van der Waals surface area contributed by atoms with E-state index >= 15 is 0 Å². The molecule has 3 rings (SSSR count). The van der Waals surface area contributed by atoms with E-state index in [1.165, 1.54) is 25.9 Å². The number of ether oxygens (including phenoxy) is 1. The number of morpholine rings is 1. The first-order valence-electron chi connectivity index (χ1n) is 8.48. The lowest BCUT2D eigenvalue weighted by molar-refractivity contribution is 0.0951. The Kier molecular flexibility index (Phi) is 5.76. The smallest absolute Gasteiger partial charge is 0.254 e. The van der Waals surface area contributed by atoms with Gasteiger partial charge >= 0.3 is 0 Å². The normalized spacial score (nSPS) is 19.0. The number of nitrogens with zero attached hydrogens (tertiary/aromatic N) is 4. The molecule has 1 amide bonds. The highest BCUT2D eigenvalue weighted by Crippen LogP contribution is 2.09. The molecule has 0 bridgehead atoms. The van der Waals surface area contributed by atoms with Crippen LogP contribution in [0.4, 0.5) is 5.95 Å². The van der Waals surface area contributed by atoms with E-state index in [4.69, 9.17) is 4.74 Å². The van der Waals surface area contributed by atoms with Crippen molar-refractivity contribution in [3.8, 4) is 0 Å². The van der Waals surface area contributed by atoms with Crippen LogP contribution in [0.2, 0.25) is 0 Å². The molecule has 0 saturated carbocycles. The Balaban J connectivity index is 1.41.